The first-order valence-electron chi connectivity index (χ1n) is 5.21. The van der Waals surface area contributed by atoms with Crippen LogP contribution in [0.15, 0.2) is 29.2 Å². The van der Waals surface area contributed by atoms with Crippen molar-refractivity contribution < 1.29 is 17.5 Å². The fraction of sp³-hybridized carbons (Fsp3) is 0.455. The van der Waals surface area contributed by atoms with Crippen molar-refractivity contribution in [1.82, 2.24) is 0 Å². The molecule has 1 fully saturated rings. The van der Waals surface area contributed by atoms with E-state index < -0.39 is 15.7 Å². The van der Waals surface area contributed by atoms with Crippen LogP contribution in [0.1, 0.15) is 6.42 Å². The fourth-order valence-electron chi connectivity index (χ4n) is 1.76. The van der Waals surface area contributed by atoms with Crippen LogP contribution in [-0.4, -0.2) is 31.7 Å². The summed E-state index contributed by atoms with van der Waals surface area (Å²) < 4.78 is 42.0. The Balaban J connectivity index is 2.11. The normalized spacial score (nSPS) is 25.1. The maximum Gasteiger partial charge on any atom is 0.180 e. The Labute approximate surface area is 108 Å². The predicted molar refractivity (Wildman–Crippen MR) is 65.5 cm³/mol. The van der Waals surface area contributed by atoms with E-state index in [1.807, 2.05) is 0 Å². The molecule has 0 saturated carbocycles. The molecule has 1 aliphatic rings. The number of alkyl halides is 1. The third-order valence-corrected chi connectivity index (χ3v) is 5.05. The van der Waals surface area contributed by atoms with Crippen LogP contribution in [0.3, 0.4) is 0 Å². The zero-order chi connectivity index (χ0) is 12.5. The second kappa shape index (κ2) is 5.04. The molecule has 17 heavy (non-hydrogen) atoms. The molecule has 6 heteroatoms. The van der Waals surface area contributed by atoms with E-state index in [2.05, 4.69) is 15.9 Å². The van der Waals surface area contributed by atoms with Crippen LogP contribution in [-0.2, 0) is 14.6 Å². The molecule has 1 aromatic rings. The molecule has 1 aliphatic heterocycles. The van der Waals surface area contributed by atoms with Gasteiger partial charge in [0.1, 0.15) is 5.82 Å². The molecule has 2 rings (SSSR count). The average molecular weight is 323 g/mol. The molecule has 3 nitrogen and oxygen atoms in total. The zero-order valence-corrected chi connectivity index (χ0v) is 11.4. The largest absolute Gasteiger partial charge is 0.376 e. The molecule has 1 aromatic carbocycles. The van der Waals surface area contributed by atoms with E-state index in [-0.39, 0.29) is 21.6 Å². The SMILES string of the molecule is O=S(=O)(C[C@@H]1C[C@H](Br)CO1)c1ccc(F)cc1. The number of sulfone groups is 1. The van der Waals surface area contributed by atoms with Gasteiger partial charge >= 0.3 is 0 Å². The molecule has 0 bridgehead atoms. The van der Waals surface area contributed by atoms with Crippen molar-refractivity contribution in [3.05, 3.63) is 30.1 Å². The van der Waals surface area contributed by atoms with Crippen LogP contribution in [0.25, 0.3) is 0 Å². The Morgan fingerprint density at radius 3 is 2.53 bits per heavy atom. The van der Waals surface area contributed by atoms with E-state index in [1.54, 1.807) is 0 Å². The summed E-state index contributed by atoms with van der Waals surface area (Å²) in [5.74, 6) is -0.498. The van der Waals surface area contributed by atoms with Gasteiger partial charge in [0.25, 0.3) is 0 Å². The summed E-state index contributed by atoms with van der Waals surface area (Å²) in [4.78, 5) is 0.358. The Bertz CT molecular complexity index is 486. The van der Waals surface area contributed by atoms with Crippen LogP contribution in [0.4, 0.5) is 4.39 Å². The van der Waals surface area contributed by atoms with Gasteiger partial charge in [0, 0.05) is 4.83 Å². The standard InChI is InChI=1S/C11H12BrFO3S/c12-8-5-10(16-6-8)7-17(14,15)11-3-1-9(13)2-4-11/h1-4,8,10H,5-7H2/t8-,10-/m0/s1. The minimum absolute atomic E-state index is 0.0548. The zero-order valence-electron chi connectivity index (χ0n) is 8.97. The lowest BCUT2D eigenvalue weighted by Gasteiger charge is -2.10. The lowest BCUT2D eigenvalue weighted by Crippen LogP contribution is -2.20. The molecule has 0 amide bonds. The van der Waals surface area contributed by atoms with E-state index in [9.17, 15) is 12.8 Å². The van der Waals surface area contributed by atoms with Gasteiger partial charge in [0.15, 0.2) is 9.84 Å². The topological polar surface area (TPSA) is 43.4 Å². The predicted octanol–water partition coefficient (Wildman–Crippen LogP) is 2.15. The highest BCUT2D eigenvalue weighted by molar-refractivity contribution is 9.09. The summed E-state index contributed by atoms with van der Waals surface area (Å²) in [5, 5.41) is 0. The van der Waals surface area contributed by atoms with E-state index >= 15 is 0 Å². The number of hydrogen-bond donors (Lipinski definition) is 0. The van der Waals surface area contributed by atoms with E-state index in [4.69, 9.17) is 4.74 Å². The van der Waals surface area contributed by atoms with Crippen molar-refractivity contribution in [2.24, 2.45) is 0 Å². The van der Waals surface area contributed by atoms with Crippen LogP contribution in [0.5, 0.6) is 0 Å². The van der Waals surface area contributed by atoms with Crippen LogP contribution in [0.2, 0.25) is 0 Å². The maximum absolute atomic E-state index is 12.7. The highest BCUT2D eigenvalue weighted by Gasteiger charge is 2.28. The van der Waals surface area contributed by atoms with Gasteiger partial charge in [-0.2, -0.15) is 0 Å². The third-order valence-electron chi connectivity index (χ3n) is 2.61. The summed E-state index contributed by atoms with van der Waals surface area (Å²) in [6.07, 6.45) is 0.398. The van der Waals surface area contributed by atoms with Crippen LogP contribution >= 0.6 is 15.9 Å². The summed E-state index contributed by atoms with van der Waals surface area (Å²) in [6, 6.07) is 4.86. The molecule has 94 valence electrons. The van der Waals surface area contributed by atoms with Crippen LogP contribution in [0, 0.1) is 5.82 Å². The average Bonchev–Trinajstić information content (AvgIpc) is 2.63. The lowest BCUT2D eigenvalue weighted by molar-refractivity contribution is 0.128. The van der Waals surface area contributed by atoms with Crippen molar-refractivity contribution in [3.8, 4) is 0 Å². The number of halogens is 2. The molecule has 0 spiro atoms. The first-order chi connectivity index (χ1) is 7.97. The van der Waals surface area contributed by atoms with E-state index in [0.29, 0.717) is 13.0 Å². The van der Waals surface area contributed by atoms with Gasteiger partial charge in [-0.05, 0) is 30.7 Å². The summed E-state index contributed by atoms with van der Waals surface area (Å²) >= 11 is 3.38. The Morgan fingerprint density at radius 1 is 1.35 bits per heavy atom. The van der Waals surface area contributed by atoms with Crippen molar-refractivity contribution in [3.63, 3.8) is 0 Å². The lowest BCUT2D eigenvalue weighted by atomic mass is 10.3. The molecule has 1 saturated heterocycles. The number of rotatable bonds is 3. The Kier molecular flexibility index (Phi) is 3.85. The van der Waals surface area contributed by atoms with Gasteiger partial charge < -0.3 is 4.74 Å². The number of benzene rings is 1. The van der Waals surface area contributed by atoms with Crippen LogP contribution < -0.4 is 0 Å². The van der Waals surface area contributed by atoms with Crippen molar-refractivity contribution in [2.45, 2.75) is 22.2 Å². The minimum Gasteiger partial charge on any atom is -0.376 e. The maximum atomic E-state index is 12.7. The van der Waals surface area contributed by atoms with Gasteiger partial charge in [-0.3, -0.25) is 0 Å². The molecule has 0 aromatic heterocycles. The smallest absolute Gasteiger partial charge is 0.180 e. The summed E-state index contributed by atoms with van der Waals surface area (Å²) in [5.41, 5.74) is 0. The Hall–Kier alpha value is -0.460. The van der Waals surface area contributed by atoms with Gasteiger partial charge in [-0.15, -0.1) is 0 Å². The minimum atomic E-state index is -3.40. The first kappa shape index (κ1) is 13.0. The molecular weight excluding hydrogens is 311 g/mol. The Morgan fingerprint density at radius 2 is 2.00 bits per heavy atom. The molecule has 0 radical (unpaired) electrons. The molecule has 0 N–H and O–H groups in total. The van der Waals surface area contributed by atoms with Gasteiger partial charge in [-0.25, -0.2) is 12.8 Å². The molecular formula is C11H12BrFO3S. The molecule has 2 atom stereocenters. The van der Waals surface area contributed by atoms with E-state index in [0.717, 1.165) is 12.1 Å². The quantitative estimate of drug-likeness (QED) is 0.632. The van der Waals surface area contributed by atoms with Gasteiger partial charge in [-0.1, -0.05) is 15.9 Å². The highest BCUT2D eigenvalue weighted by Crippen LogP contribution is 2.23. The molecule has 1 heterocycles. The molecule has 0 unspecified atom stereocenters. The van der Waals surface area contributed by atoms with Gasteiger partial charge in [0.2, 0.25) is 0 Å². The van der Waals surface area contributed by atoms with Crippen molar-refractivity contribution in [1.29, 1.82) is 0 Å². The second-order valence-corrected chi connectivity index (χ2v) is 7.35. The monoisotopic (exact) mass is 322 g/mol. The van der Waals surface area contributed by atoms with Crippen molar-refractivity contribution in [2.75, 3.05) is 12.4 Å². The summed E-state index contributed by atoms with van der Waals surface area (Å²) in [7, 11) is -3.40. The highest BCUT2D eigenvalue weighted by atomic mass is 79.9. The fourth-order valence-corrected chi connectivity index (χ4v) is 3.80. The first-order valence-corrected chi connectivity index (χ1v) is 7.78. The number of ether oxygens (including phenoxy) is 1. The van der Waals surface area contributed by atoms with E-state index in [1.165, 1.54) is 12.1 Å². The number of hydrogen-bond acceptors (Lipinski definition) is 3. The molecule has 0 aliphatic carbocycles. The van der Waals surface area contributed by atoms with Crippen molar-refractivity contribution >= 4 is 25.8 Å². The third kappa shape index (κ3) is 3.26. The summed E-state index contributed by atoms with van der Waals surface area (Å²) in [6.45, 7) is 0.531. The van der Waals surface area contributed by atoms with Gasteiger partial charge in [0.05, 0.1) is 23.4 Å². The second-order valence-electron chi connectivity index (χ2n) is 4.02.